The average Bonchev–Trinajstić information content (AvgIpc) is 2.93. The molecule has 1 N–H and O–H groups in total. The minimum atomic E-state index is -0.804. The molecule has 5 atom stereocenters. The van der Waals surface area contributed by atoms with Crippen molar-refractivity contribution in [2.24, 2.45) is 0 Å². The second-order valence-corrected chi connectivity index (χ2v) is 8.99. The Morgan fingerprint density at radius 3 is 1.62 bits per heavy atom. The average molecular weight is 507 g/mol. The first-order chi connectivity index (χ1) is 18.1. The molecule has 1 fully saturated rings. The maximum atomic E-state index is 12.2. The summed E-state index contributed by atoms with van der Waals surface area (Å²) in [6, 6.07) is 29.2. The summed E-state index contributed by atoms with van der Waals surface area (Å²) in [4.78, 5) is 12.2. The zero-order valence-electron chi connectivity index (χ0n) is 21.0. The standard InChI is InChI=1S/C30H34O7/c1-22(32)36-30-28(34-19-24-13-7-3-8-14-24)26(17-31)37-27(21-33-18-23-11-5-2-6-12-23)29(30)35-20-25-15-9-4-10-16-25/h2-16,26-31H,17-21H2,1H3. The van der Waals surface area contributed by atoms with Crippen LogP contribution in [0, 0.1) is 0 Å². The Kier molecular flexibility index (Phi) is 10.2. The highest BCUT2D eigenvalue weighted by molar-refractivity contribution is 5.66. The second-order valence-electron chi connectivity index (χ2n) is 8.99. The lowest BCUT2D eigenvalue weighted by Gasteiger charge is -2.45. The van der Waals surface area contributed by atoms with Crippen molar-refractivity contribution in [2.45, 2.75) is 57.3 Å². The Balaban J connectivity index is 1.54. The molecule has 5 unspecified atom stereocenters. The van der Waals surface area contributed by atoms with Crippen molar-refractivity contribution >= 4 is 5.97 Å². The van der Waals surface area contributed by atoms with Gasteiger partial charge in [0.15, 0.2) is 6.10 Å². The van der Waals surface area contributed by atoms with E-state index in [1.165, 1.54) is 6.92 Å². The molecule has 1 aliphatic heterocycles. The molecule has 7 nitrogen and oxygen atoms in total. The predicted octanol–water partition coefficient (Wildman–Crippen LogP) is 4.07. The van der Waals surface area contributed by atoms with E-state index in [9.17, 15) is 9.90 Å². The normalized spacial score (nSPS) is 23.5. The number of rotatable bonds is 12. The Bertz CT molecular complexity index is 1060. The van der Waals surface area contributed by atoms with Crippen LogP contribution in [0.5, 0.6) is 0 Å². The summed E-state index contributed by atoms with van der Waals surface area (Å²) in [5.74, 6) is -0.464. The van der Waals surface area contributed by atoms with Crippen LogP contribution >= 0.6 is 0 Å². The van der Waals surface area contributed by atoms with Crippen LogP contribution in [0.4, 0.5) is 0 Å². The zero-order chi connectivity index (χ0) is 25.9. The van der Waals surface area contributed by atoms with E-state index in [1.807, 2.05) is 91.0 Å². The van der Waals surface area contributed by atoms with Crippen molar-refractivity contribution in [1.29, 1.82) is 0 Å². The van der Waals surface area contributed by atoms with Gasteiger partial charge in [-0.3, -0.25) is 4.79 Å². The highest BCUT2D eigenvalue weighted by Crippen LogP contribution is 2.30. The Hall–Kier alpha value is -3.07. The number of hydrogen-bond donors (Lipinski definition) is 1. The summed E-state index contributed by atoms with van der Waals surface area (Å²) < 4.78 is 30.6. The highest BCUT2D eigenvalue weighted by atomic mass is 16.6. The SMILES string of the molecule is CC(=O)OC1C(OCc2ccccc2)C(CO)OC(COCc2ccccc2)C1OCc1ccccc1. The van der Waals surface area contributed by atoms with Crippen LogP contribution in [0.3, 0.4) is 0 Å². The molecule has 7 heteroatoms. The maximum absolute atomic E-state index is 12.2. The van der Waals surface area contributed by atoms with Gasteiger partial charge in [-0.2, -0.15) is 0 Å². The van der Waals surface area contributed by atoms with E-state index in [0.717, 1.165) is 16.7 Å². The smallest absolute Gasteiger partial charge is 0.303 e. The number of carbonyl (C=O) groups excluding carboxylic acids is 1. The van der Waals surface area contributed by atoms with Gasteiger partial charge < -0.3 is 28.8 Å². The Labute approximate surface area is 217 Å². The molecule has 196 valence electrons. The van der Waals surface area contributed by atoms with Gasteiger partial charge in [0.25, 0.3) is 0 Å². The number of aliphatic hydroxyl groups is 1. The lowest BCUT2D eigenvalue weighted by molar-refractivity contribution is -0.270. The van der Waals surface area contributed by atoms with Crippen LogP contribution in [0.2, 0.25) is 0 Å². The quantitative estimate of drug-likeness (QED) is 0.371. The van der Waals surface area contributed by atoms with Crippen LogP contribution < -0.4 is 0 Å². The molecule has 0 radical (unpaired) electrons. The van der Waals surface area contributed by atoms with E-state index in [1.54, 1.807) is 0 Å². The molecular weight excluding hydrogens is 472 g/mol. The molecule has 1 heterocycles. The summed E-state index contributed by atoms with van der Waals surface area (Å²) in [5.41, 5.74) is 2.95. The van der Waals surface area contributed by atoms with E-state index in [2.05, 4.69) is 0 Å². The summed E-state index contributed by atoms with van der Waals surface area (Å²) in [6.07, 6.45) is -3.54. The fraction of sp³-hybridized carbons (Fsp3) is 0.367. The number of ether oxygens (including phenoxy) is 5. The van der Waals surface area contributed by atoms with Gasteiger partial charge in [-0.05, 0) is 16.7 Å². The van der Waals surface area contributed by atoms with Crippen LogP contribution in [-0.4, -0.2) is 54.8 Å². The lowest BCUT2D eigenvalue weighted by Crippen LogP contribution is -2.62. The monoisotopic (exact) mass is 506 g/mol. The van der Waals surface area contributed by atoms with Crippen molar-refractivity contribution in [3.8, 4) is 0 Å². The van der Waals surface area contributed by atoms with Gasteiger partial charge in [0.2, 0.25) is 0 Å². The molecule has 0 bridgehead atoms. The molecule has 0 amide bonds. The van der Waals surface area contributed by atoms with Crippen molar-refractivity contribution in [1.82, 2.24) is 0 Å². The van der Waals surface area contributed by atoms with Crippen molar-refractivity contribution in [2.75, 3.05) is 13.2 Å². The molecule has 3 aromatic rings. The van der Waals surface area contributed by atoms with Gasteiger partial charge in [-0.1, -0.05) is 91.0 Å². The van der Waals surface area contributed by atoms with Gasteiger partial charge in [-0.15, -0.1) is 0 Å². The second kappa shape index (κ2) is 14.0. The van der Waals surface area contributed by atoms with Crippen molar-refractivity contribution < 1.29 is 33.6 Å². The van der Waals surface area contributed by atoms with Gasteiger partial charge in [-0.25, -0.2) is 0 Å². The third kappa shape index (κ3) is 7.95. The molecule has 1 saturated heterocycles. The fourth-order valence-electron chi connectivity index (χ4n) is 4.40. The number of aliphatic hydroxyl groups excluding tert-OH is 1. The van der Waals surface area contributed by atoms with Gasteiger partial charge in [0.05, 0.1) is 33.0 Å². The first-order valence-corrected chi connectivity index (χ1v) is 12.5. The van der Waals surface area contributed by atoms with Crippen LogP contribution in [-0.2, 0) is 48.3 Å². The van der Waals surface area contributed by atoms with Crippen molar-refractivity contribution in [3.63, 3.8) is 0 Å². The fourth-order valence-corrected chi connectivity index (χ4v) is 4.40. The van der Waals surface area contributed by atoms with Gasteiger partial charge in [0, 0.05) is 6.92 Å². The third-order valence-corrected chi connectivity index (χ3v) is 6.18. The highest BCUT2D eigenvalue weighted by Gasteiger charge is 2.49. The van der Waals surface area contributed by atoms with Crippen molar-refractivity contribution in [3.05, 3.63) is 108 Å². The molecule has 0 spiro atoms. The Morgan fingerprint density at radius 2 is 1.16 bits per heavy atom. The molecule has 4 rings (SSSR count). The van der Waals surface area contributed by atoms with Crippen LogP contribution in [0.25, 0.3) is 0 Å². The molecule has 0 saturated carbocycles. The number of carbonyl (C=O) groups is 1. The van der Waals surface area contributed by atoms with Gasteiger partial charge in [0.1, 0.15) is 24.4 Å². The maximum Gasteiger partial charge on any atom is 0.303 e. The van der Waals surface area contributed by atoms with Crippen LogP contribution in [0.1, 0.15) is 23.6 Å². The zero-order valence-corrected chi connectivity index (χ0v) is 21.0. The van der Waals surface area contributed by atoms with E-state index in [0.29, 0.717) is 6.61 Å². The summed E-state index contributed by atoms with van der Waals surface area (Å²) in [7, 11) is 0. The molecule has 0 aliphatic carbocycles. The number of hydrogen-bond acceptors (Lipinski definition) is 7. The Morgan fingerprint density at radius 1 is 0.703 bits per heavy atom. The predicted molar refractivity (Wildman–Crippen MR) is 137 cm³/mol. The number of esters is 1. The van der Waals surface area contributed by atoms with E-state index >= 15 is 0 Å². The topological polar surface area (TPSA) is 83.5 Å². The van der Waals surface area contributed by atoms with Crippen LogP contribution in [0.15, 0.2) is 91.0 Å². The number of benzene rings is 3. The van der Waals surface area contributed by atoms with E-state index < -0.39 is 36.5 Å². The van der Waals surface area contributed by atoms with Gasteiger partial charge >= 0.3 is 5.97 Å². The summed E-state index contributed by atoms with van der Waals surface area (Å²) >= 11 is 0. The largest absolute Gasteiger partial charge is 0.457 e. The minimum Gasteiger partial charge on any atom is -0.457 e. The van der Waals surface area contributed by atoms with E-state index in [-0.39, 0.29) is 26.4 Å². The van der Waals surface area contributed by atoms with E-state index in [4.69, 9.17) is 23.7 Å². The molecule has 3 aromatic carbocycles. The lowest BCUT2D eigenvalue weighted by atomic mass is 9.94. The summed E-state index contributed by atoms with van der Waals surface area (Å²) in [6.45, 7) is 2.18. The summed E-state index contributed by atoms with van der Waals surface area (Å²) in [5, 5.41) is 10.2. The third-order valence-electron chi connectivity index (χ3n) is 6.18. The minimum absolute atomic E-state index is 0.189. The molecule has 1 aliphatic rings. The molecule has 37 heavy (non-hydrogen) atoms. The molecule has 0 aromatic heterocycles. The first-order valence-electron chi connectivity index (χ1n) is 12.5. The molecular formula is C30H34O7. The first kappa shape index (κ1) is 27.0.